The van der Waals surface area contributed by atoms with Crippen LogP contribution >= 0.6 is 15.9 Å². The highest BCUT2D eigenvalue weighted by Gasteiger charge is 2.08. The zero-order valence-electron chi connectivity index (χ0n) is 11.9. The lowest BCUT2D eigenvalue weighted by atomic mass is 10.2. The fourth-order valence-corrected chi connectivity index (χ4v) is 2.35. The number of halogens is 1. The second-order valence-electron chi connectivity index (χ2n) is 4.53. The maximum absolute atomic E-state index is 4.45. The molecule has 0 aliphatic rings. The molecule has 110 valence electrons. The van der Waals surface area contributed by atoms with Gasteiger partial charge in [-0.3, -0.25) is 4.98 Å². The van der Waals surface area contributed by atoms with Crippen molar-refractivity contribution in [3.63, 3.8) is 0 Å². The smallest absolute Gasteiger partial charge is 0.225 e. The summed E-state index contributed by atoms with van der Waals surface area (Å²) in [5.41, 5.74) is 2.50. The number of rotatable bonds is 4. The van der Waals surface area contributed by atoms with Crippen LogP contribution in [0.3, 0.4) is 0 Å². The normalized spacial score (nSPS) is 10.3. The van der Waals surface area contributed by atoms with E-state index in [-0.39, 0.29) is 0 Å². The predicted octanol–water partition coefficient (Wildman–Crippen LogP) is 4.09. The van der Waals surface area contributed by atoms with E-state index in [4.69, 9.17) is 0 Å². The number of pyridine rings is 1. The molecule has 2 aromatic heterocycles. The van der Waals surface area contributed by atoms with Gasteiger partial charge in [0, 0.05) is 23.8 Å². The Morgan fingerprint density at radius 3 is 2.50 bits per heavy atom. The van der Waals surface area contributed by atoms with Crippen molar-refractivity contribution in [2.24, 2.45) is 0 Å². The van der Waals surface area contributed by atoms with Crippen molar-refractivity contribution in [3.05, 3.63) is 59.2 Å². The van der Waals surface area contributed by atoms with Crippen LogP contribution in [0.4, 0.5) is 17.5 Å². The largest absolute Gasteiger partial charge is 0.357 e. The Morgan fingerprint density at radius 2 is 1.77 bits per heavy atom. The molecule has 0 spiro atoms. The van der Waals surface area contributed by atoms with Gasteiger partial charge >= 0.3 is 0 Å². The monoisotopic (exact) mass is 355 g/mol. The minimum Gasteiger partial charge on any atom is -0.357 e. The van der Waals surface area contributed by atoms with Gasteiger partial charge in [-0.25, -0.2) is 4.98 Å². The van der Waals surface area contributed by atoms with Crippen molar-refractivity contribution >= 4 is 33.4 Å². The van der Waals surface area contributed by atoms with E-state index in [0.717, 1.165) is 21.5 Å². The predicted molar refractivity (Wildman–Crippen MR) is 92.2 cm³/mol. The molecular formula is C16H14BrN5. The molecule has 0 aliphatic carbocycles. The first-order chi connectivity index (χ1) is 10.8. The Kier molecular flexibility index (Phi) is 4.29. The molecule has 2 heterocycles. The first-order valence-corrected chi connectivity index (χ1v) is 7.55. The highest BCUT2D eigenvalue weighted by Crippen LogP contribution is 2.26. The highest BCUT2D eigenvalue weighted by molar-refractivity contribution is 9.10. The van der Waals surface area contributed by atoms with Crippen LogP contribution in [0.5, 0.6) is 0 Å². The molecule has 1 aromatic carbocycles. The van der Waals surface area contributed by atoms with Gasteiger partial charge in [0.1, 0.15) is 5.82 Å². The lowest BCUT2D eigenvalue weighted by Crippen LogP contribution is -2.02. The van der Waals surface area contributed by atoms with Crippen LogP contribution in [0.2, 0.25) is 0 Å². The van der Waals surface area contributed by atoms with E-state index in [2.05, 4.69) is 41.5 Å². The molecule has 3 rings (SSSR count). The Balaban J connectivity index is 2.00. The third-order valence-electron chi connectivity index (χ3n) is 3.01. The van der Waals surface area contributed by atoms with Gasteiger partial charge in [-0.15, -0.1) is 0 Å². The standard InChI is InChI=1S/C16H14BrN5/c1-18-16-21-14(13-8-4-5-9-19-13)10-15(22-16)20-12-7-3-2-6-11(12)17/h2-10H,1H3,(H2,18,20,21,22). The maximum Gasteiger partial charge on any atom is 0.225 e. The first kappa shape index (κ1) is 14.5. The summed E-state index contributed by atoms with van der Waals surface area (Å²) in [6.45, 7) is 0. The molecule has 0 fully saturated rings. The fourth-order valence-electron chi connectivity index (χ4n) is 1.97. The number of hydrogen-bond donors (Lipinski definition) is 2. The highest BCUT2D eigenvalue weighted by atomic mass is 79.9. The molecule has 22 heavy (non-hydrogen) atoms. The number of para-hydroxylation sites is 1. The van der Waals surface area contributed by atoms with Crippen molar-refractivity contribution in [1.82, 2.24) is 15.0 Å². The van der Waals surface area contributed by atoms with Gasteiger partial charge in [0.15, 0.2) is 0 Å². The maximum atomic E-state index is 4.45. The summed E-state index contributed by atoms with van der Waals surface area (Å²) >= 11 is 3.52. The SMILES string of the molecule is CNc1nc(Nc2ccccc2Br)cc(-c2ccccn2)n1. The van der Waals surface area contributed by atoms with E-state index in [9.17, 15) is 0 Å². The minimum absolute atomic E-state index is 0.540. The summed E-state index contributed by atoms with van der Waals surface area (Å²) in [6, 6.07) is 15.5. The number of benzene rings is 1. The quantitative estimate of drug-likeness (QED) is 0.737. The second kappa shape index (κ2) is 6.53. The van der Waals surface area contributed by atoms with Crippen molar-refractivity contribution in [2.45, 2.75) is 0 Å². The van der Waals surface area contributed by atoms with Crippen LogP contribution in [0, 0.1) is 0 Å². The summed E-state index contributed by atoms with van der Waals surface area (Å²) in [4.78, 5) is 13.2. The average molecular weight is 356 g/mol. The number of anilines is 3. The van der Waals surface area contributed by atoms with E-state index < -0.39 is 0 Å². The van der Waals surface area contributed by atoms with E-state index in [1.807, 2.05) is 48.5 Å². The molecule has 0 amide bonds. The van der Waals surface area contributed by atoms with Crippen LogP contribution in [0.1, 0.15) is 0 Å². The number of aromatic nitrogens is 3. The average Bonchev–Trinajstić information content (AvgIpc) is 2.57. The lowest BCUT2D eigenvalue weighted by molar-refractivity contribution is 1.14. The zero-order chi connectivity index (χ0) is 15.4. The molecular weight excluding hydrogens is 342 g/mol. The van der Waals surface area contributed by atoms with Crippen molar-refractivity contribution < 1.29 is 0 Å². The van der Waals surface area contributed by atoms with E-state index in [1.54, 1.807) is 13.2 Å². The topological polar surface area (TPSA) is 62.7 Å². The molecule has 0 saturated carbocycles. The Labute approximate surface area is 137 Å². The molecule has 0 atom stereocenters. The Bertz CT molecular complexity index is 776. The van der Waals surface area contributed by atoms with Crippen LogP contribution < -0.4 is 10.6 Å². The molecule has 0 saturated heterocycles. The molecule has 5 nitrogen and oxygen atoms in total. The summed E-state index contributed by atoms with van der Waals surface area (Å²) in [5, 5.41) is 6.27. The molecule has 6 heteroatoms. The fraction of sp³-hybridized carbons (Fsp3) is 0.0625. The molecule has 0 radical (unpaired) electrons. The first-order valence-electron chi connectivity index (χ1n) is 6.76. The third-order valence-corrected chi connectivity index (χ3v) is 3.71. The van der Waals surface area contributed by atoms with Gasteiger partial charge in [-0.1, -0.05) is 18.2 Å². The van der Waals surface area contributed by atoms with Gasteiger partial charge < -0.3 is 10.6 Å². The Hall–Kier alpha value is -2.47. The summed E-state index contributed by atoms with van der Waals surface area (Å²) in [6.07, 6.45) is 1.75. The molecule has 0 aliphatic heterocycles. The van der Waals surface area contributed by atoms with E-state index in [1.165, 1.54) is 0 Å². The number of nitrogens with one attached hydrogen (secondary N) is 2. The van der Waals surface area contributed by atoms with Crippen LogP contribution in [0.15, 0.2) is 59.2 Å². The molecule has 0 bridgehead atoms. The lowest BCUT2D eigenvalue weighted by Gasteiger charge is -2.10. The minimum atomic E-state index is 0.540. The summed E-state index contributed by atoms with van der Waals surface area (Å²) < 4.78 is 0.971. The number of nitrogens with zero attached hydrogens (tertiary/aromatic N) is 3. The van der Waals surface area contributed by atoms with Gasteiger partial charge in [0.2, 0.25) is 5.95 Å². The van der Waals surface area contributed by atoms with Crippen molar-refractivity contribution in [1.29, 1.82) is 0 Å². The van der Waals surface area contributed by atoms with Crippen molar-refractivity contribution in [3.8, 4) is 11.4 Å². The summed E-state index contributed by atoms with van der Waals surface area (Å²) in [7, 11) is 1.79. The van der Waals surface area contributed by atoms with Crippen LogP contribution in [-0.2, 0) is 0 Å². The van der Waals surface area contributed by atoms with Crippen LogP contribution in [-0.4, -0.2) is 22.0 Å². The van der Waals surface area contributed by atoms with Gasteiger partial charge in [0.05, 0.1) is 17.1 Å². The van der Waals surface area contributed by atoms with Crippen molar-refractivity contribution in [2.75, 3.05) is 17.7 Å². The second-order valence-corrected chi connectivity index (χ2v) is 5.39. The zero-order valence-corrected chi connectivity index (χ0v) is 13.5. The number of hydrogen-bond acceptors (Lipinski definition) is 5. The third kappa shape index (κ3) is 3.23. The molecule has 0 unspecified atom stereocenters. The van der Waals surface area contributed by atoms with E-state index in [0.29, 0.717) is 11.8 Å². The van der Waals surface area contributed by atoms with E-state index >= 15 is 0 Å². The van der Waals surface area contributed by atoms with Gasteiger partial charge in [-0.2, -0.15) is 4.98 Å². The van der Waals surface area contributed by atoms with Gasteiger partial charge in [0.25, 0.3) is 0 Å². The summed E-state index contributed by atoms with van der Waals surface area (Å²) in [5.74, 6) is 1.24. The van der Waals surface area contributed by atoms with Crippen LogP contribution in [0.25, 0.3) is 11.4 Å². The molecule has 2 N–H and O–H groups in total. The Morgan fingerprint density at radius 1 is 0.955 bits per heavy atom. The molecule has 3 aromatic rings. The van der Waals surface area contributed by atoms with Gasteiger partial charge in [-0.05, 0) is 40.2 Å².